The molecule has 2 amide bonds. The SMILES string of the molecule is CC(C)C(O)C(F)(F)C(=O)N[C@@H]1CC[C@H](O)CN(C(=O)Cc2cncnc2)C1. The number of nitrogens with zero attached hydrogens (tertiary/aromatic N) is 3. The minimum absolute atomic E-state index is 0.00352. The van der Waals surface area contributed by atoms with Gasteiger partial charge in [0, 0.05) is 31.5 Å². The summed E-state index contributed by atoms with van der Waals surface area (Å²) in [7, 11) is 0. The molecule has 10 heteroatoms. The van der Waals surface area contributed by atoms with Crippen LogP contribution < -0.4 is 5.32 Å². The molecule has 2 rings (SSSR count). The number of rotatable bonds is 6. The largest absolute Gasteiger partial charge is 0.391 e. The summed E-state index contributed by atoms with van der Waals surface area (Å²) in [5, 5.41) is 21.9. The maximum absolute atomic E-state index is 14.1. The Morgan fingerprint density at radius 2 is 1.93 bits per heavy atom. The van der Waals surface area contributed by atoms with Gasteiger partial charge in [0.25, 0.3) is 5.91 Å². The van der Waals surface area contributed by atoms with E-state index in [1.165, 1.54) is 37.5 Å². The van der Waals surface area contributed by atoms with Crippen LogP contribution in [0.25, 0.3) is 0 Å². The Hall–Kier alpha value is -2.20. The summed E-state index contributed by atoms with van der Waals surface area (Å²) in [5.41, 5.74) is 0.582. The predicted octanol–water partition coefficient (Wildman–Crippen LogP) is 0.139. The Labute approximate surface area is 162 Å². The van der Waals surface area contributed by atoms with Gasteiger partial charge in [-0.2, -0.15) is 8.78 Å². The molecule has 1 aliphatic heterocycles. The molecule has 3 atom stereocenters. The lowest BCUT2D eigenvalue weighted by Crippen LogP contribution is -2.55. The van der Waals surface area contributed by atoms with Crippen molar-refractivity contribution < 1.29 is 28.6 Å². The van der Waals surface area contributed by atoms with Crippen LogP contribution >= 0.6 is 0 Å². The number of hydrogen-bond donors (Lipinski definition) is 3. The van der Waals surface area contributed by atoms with Crippen molar-refractivity contribution in [2.75, 3.05) is 13.1 Å². The molecule has 0 bridgehead atoms. The van der Waals surface area contributed by atoms with Gasteiger partial charge in [0.1, 0.15) is 12.4 Å². The van der Waals surface area contributed by atoms with Gasteiger partial charge in [-0.1, -0.05) is 13.8 Å². The van der Waals surface area contributed by atoms with E-state index < -0.39 is 36.0 Å². The normalized spacial score (nSPS) is 21.9. The molecule has 2 heterocycles. The van der Waals surface area contributed by atoms with Crippen molar-refractivity contribution in [3.8, 4) is 0 Å². The fourth-order valence-electron chi connectivity index (χ4n) is 3.03. The number of amides is 2. The highest BCUT2D eigenvalue weighted by atomic mass is 19.3. The lowest BCUT2D eigenvalue weighted by molar-refractivity contribution is -0.169. The van der Waals surface area contributed by atoms with E-state index in [-0.39, 0.29) is 38.3 Å². The third-order valence-electron chi connectivity index (χ3n) is 4.68. The second-order valence-corrected chi connectivity index (χ2v) is 7.44. The highest BCUT2D eigenvalue weighted by Crippen LogP contribution is 2.25. The van der Waals surface area contributed by atoms with Gasteiger partial charge >= 0.3 is 5.92 Å². The van der Waals surface area contributed by atoms with Crippen LogP contribution in [0, 0.1) is 5.92 Å². The number of likely N-dealkylation sites (tertiary alicyclic amines) is 1. The summed E-state index contributed by atoms with van der Waals surface area (Å²) in [6.07, 6.45) is 1.87. The highest BCUT2D eigenvalue weighted by Gasteiger charge is 2.48. The summed E-state index contributed by atoms with van der Waals surface area (Å²) >= 11 is 0. The van der Waals surface area contributed by atoms with Gasteiger partial charge in [-0.05, 0) is 24.3 Å². The zero-order valence-electron chi connectivity index (χ0n) is 15.9. The van der Waals surface area contributed by atoms with E-state index in [0.717, 1.165) is 0 Å². The number of nitrogens with one attached hydrogen (secondary N) is 1. The first kappa shape index (κ1) is 22.1. The average Bonchev–Trinajstić information content (AvgIpc) is 2.83. The summed E-state index contributed by atoms with van der Waals surface area (Å²) in [4.78, 5) is 33.6. The third-order valence-corrected chi connectivity index (χ3v) is 4.68. The van der Waals surface area contributed by atoms with E-state index in [1.54, 1.807) is 0 Å². The van der Waals surface area contributed by atoms with Crippen LogP contribution in [-0.4, -0.2) is 74.2 Å². The fraction of sp³-hybridized carbons (Fsp3) is 0.667. The van der Waals surface area contributed by atoms with E-state index >= 15 is 0 Å². The van der Waals surface area contributed by atoms with Crippen molar-refractivity contribution in [3.05, 3.63) is 24.3 Å². The average molecular weight is 400 g/mol. The number of alkyl halides is 2. The summed E-state index contributed by atoms with van der Waals surface area (Å²) < 4.78 is 28.3. The fourth-order valence-corrected chi connectivity index (χ4v) is 3.03. The van der Waals surface area contributed by atoms with Crippen LogP contribution in [0.3, 0.4) is 0 Å². The first-order valence-electron chi connectivity index (χ1n) is 9.17. The molecule has 8 nitrogen and oxygen atoms in total. The first-order valence-corrected chi connectivity index (χ1v) is 9.17. The molecule has 156 valence electrons. The number of β-amino-alcohol motifs (C(OH)–C–C–N with tert-alkyl or cyclic N) is 1. The van der Waals surface area contributed by atoms with Crippen molar-refractivity contribution in [2.24, 2.45) is 5.92 Å². The molecule has 0 spiro atoms. The molecular weight excluding hydrogens is 374 g/mol. The Kier molecular flexibility index (Phi) is 7.36. The zero-order chi connectivity index (χ0) is 20.9. The maximum atomic E-state index is 14.1. The standard InChI is InChI=1S/C18H26F2N4O4/c1-11(2)16(27)18(19,20)17(28)23-13-3-4-14(25)9-24(8-13)15(26)5-12-6-21-10-22-7-12/h6-7,10-11,13-14,16,25,27H,3-5,8-9H2,1-2H3,(H,23,28)/t13-,14+,16?/m1/s1. The number of carbonyl (C=O) groups is 2. The van der Waals surface area contributed by atoms with Crippen LogP contribution in [0.1, 0.15) is 32.3 Å². The second kappa shape index (κ2) is 9.33. The molecule has 28 heavy (non-hydrogen) atoms. The maximum Gasteiger partial charge on any atom is 0.349 e. The molecule has 1 aromatic rings. The monoisotopic (exact) mass is 400 g/mol. The van der Waals surface area contributed by atoms with Crippen LogP contribution in [0.5, 0.6) is 0 Å². The van der Waals surface area contributed by atoms with E-state index in [4.69, 9.17) is 0 Å². The van der Waals surface area contributed by atoms with Crippen molar-refractivity contribution in [1.29, 1.82) is 0 Å². The van der Waals surface area contributed by atoms with Gasteiger partial charge in [-0.25, -0.2) is 9.97 Å². The summed E-state index contributed by atoms with van der Waals surface area (Å²) in [6, 6.07) is -0.758. The minimum Gasteiger partial charge on any atom is -0.391 e. The van der Waals surface area contributed by atoms with Gasteiger partial charge < -0.3 is 20.4 Å². The van der Waals surface area contributed by atoms with Crippen LogP contribution in [0.15, 0.2) is 18.7 Å². The molecule has 1 aliphatic rings. The van der Waals surface area contributed by atoms with Gasteiger partial charge in [-0.15, -0.1) is 0 Å². The number of aromatic nitrogens is 2. The molecule has 1 unspecified atom stereocenters. The van der Waals surface area contributed by atoms with E-state index in [1.807, 2.05) is 0 Å². The van der Waals surface area contributed by atoms with Crippen molar-refractivity contribution in [2.45, 2.75) is 57.3 Å². The Morgan fingerprint density at radius 1 is 1.29 bits per heavy atom. The van der Waals surface area contributed by atoms with Gasteiger partial charge in [-0.3, -0.25) is 9.59 Å². The lowest BCUT2D eigenvalue weighted by Gasteiger charge is -2.29. The van der Waals surface area contributed by atoms with E-state index in [2.05, 4.69) is 15.3 Å². The summed E-state index contributed by atoms with van der Waals surface area (Å²) in [6.45, 7) is 2.82. The molecule has 1 saturated heterocycles. The Bertz CT molecular complexity index is 675. The molecule has 0 aliphatic carbocycles. The van der Waals surface area contributed by atoms with E-state index in [0.29, 0.717) is 5.56 Å². The minimum atomic E-state index is -3.95. The van der Waals surface area contributed by atoms with Crippen molar-refractivity contribution in [3.63, 3.8) is 0 Å². The first-order chi connectivity index (χ1) is 13.1. The quantitative estimate of drug-likeness (QED) is 0.626. The second-order valence-electron chi connectivity index (χ2n) is 7.44. The van der Waals surface area contributed by atoms with Gasteiger partial charge in [0.2, 0.25) is 5.91 Å². The number of hydrogen-bond acceptors (Lipinski definition) is 6. The number of aliphatic hydroxyl groups excluding tert-OH is 2. The molecular formula is C18H26F2N4O4. The van der Waals surface area contributed by atoms with Crippen LogP contribution in [-0.2, 0) is 16.0 Å². The number of aliphatic hydroxyl groups is 2. The zero-order valence-corrected chi connectivity index (χ0v) is 15.9. The molecule has 0 radical (unpaired) electrons. The number of carbonyl (C=O) groups excluding carboxylic acids is 2. The summed E-state index contributed by atoms with van der Waals surface area (Å²) in [5.74, 6) is -6.67. The smallest absolute Gasteiger partial charge is 0.349 e. The van der Waals surface area contributed by atoms with Crippen molar-refractivity contribution in [1.82, 2.24) is 20.2 Å². The molecule has 0 saturated carbocycles. The highest BCUT2D eigenvalue weighted by molar-refractivity contribution is 5.84. The molecule has 1 fully saturated rings. The van der Waals surface area contributed by atoms with Gasteiger partial charge in [0.15, 0.2) is 0 Å². The third kappa shape index (κ3) is 5.65. The predicted molar refractivity (Wildman–Crippen MR) is 95.3 cm³/mol. The Morgan fingerprint density at radius 3 is 2.54 bits per heavy atom. The van der Waals surface area contributed by atoms with E-state index in [9.17, 15) is 28.6 Å². The van der Waals surface area contributed by atoms with Crippen LogP contribution in [0.2, 0.25) is 0 Å². The Balaban J connectivity index is 2.05. The molecule has 0 aromatic carbocycles. The van der Waals surface area contributed by atoms with Crippen LogP contribution in [0.4, 0.5) is 8.78 Å². The molecule has 3 N–H and O–H groups in total. The topological polar surface area (TPSA) is 116 Å². The van der Waals surface area contributed by atoms with Crippen molar-refractivity contribution >= 4 is 11.8 Å². The van der Waals surface area contributed by atoms with Gasteiger partial charge in [0.05, 0.1) is 12.5 Å². The molecule has 1 aromatic heterocycles. The lowest BCUT2D eigenvalue weighted by atomic mass is 10.00. The number of halogens is 2.